The van der Waals surface area contributed by atoms with Gasteiger partial charge in [0, 0.05) is 0 Å². The molecule has 0 aliphatic heterocycles. The van der Waals surface area contributed by atoms with Gasteiger partial charge in [-0.1, -0.05) is 0 Å². The SMILES string of the molecule is C/[C](=C\CC1CC(=O)C=C1C(C)C)[Sn]([CH3])([CH3])[CH3]. The summed E-state index contributed by atoms with van der Waals surface area (Å²) in [6, 6.07) is 0. The van der Waals surface area contributed by atoms with Crippen molar-refractivity contribution in [3.8, 4) is 0 Å². The van der Waals surface area contributed by atoms with Crippen molar-refractivity contribution in [2.45, 2.75) is 48.4 Å². The summed E-state index contributed by atoms with van der Waals surface area (Å²) in [5.41, 5.74) is 1.36. The minimum atomic E-state index is -1.85. The van der Waals surface area contributed by atoms with Crippen molar-refractivity contribution in [3.05, 3.63) is 21.3 Å². The Labute approximate surface area is 110 Å². The molecule has 0 aromatic heterocycles. The summed E-state index contributed by atoms with van der Waals surface area (Å²) in [6.45, 7) is 6.67. The molecule has 1 rings (SSSR count). The average Bonchev–Trinajstić information content (AvgIpc) is 2.54. The van der Waals surface area contributed by atoms with Crippen LogP contribution in [-0.4, -0.2) is 24.2 Å². The molecule has 0 saturated heterocycles. The van der Waals surface area contributed by atoms with E-state index in [4.69, 9.17) is 0 Å². The van der Waals surface area contributed by atoms with Gasteiger partial charge in [0.1, 0.15) is 0 Å². The first-order chi connectivity index (χ1) is 7.71. The van der Waals surface area contributed by atoms with Crippen LogP contribution in [0.25, 0.3) is 0 Å². The molecule has 1 atom stereocenters. The molecule has 0 heterocycles. The van der Waals surface area contributed by atoms with Crippen molar-refractivity contribution in [1.29, 1.82) is 0 Å². The Hall–Kier alpha value is -0.0513. The van der Waals surface area contributed by atoms with Crippen LogP contribution in [0.4, 0.5) is 0 Å². The molecule has 17 heavy (non-hydrogen) atoms. The van der Waals surface area contributed by atoms with E-state index in [0.717, 1.165) is 12.8 Å². The fraction of sp³-hybridized carbons (Fsp3) is 0.667. The average molecular weight is 341 g/mol. The first kappa shape index (κ1) is 15.0. The second kappa shape index (κ2) is 5.73. The van der Waals surface area contributed by atoms with E-state index in [1.54, 1.807) is 3.59 Å². The molecule has 0 aromatic rings. The fourth-order valence-corrected chi connectivity index (χ4v) is 4.29. The van der Waals surface area contributed by atoms with E-state index in [1.165, 1.54) is 5.57 Å². The van der Waals surface area contributed by atoms with Crippen LogP contribution in [0.5, 0.6) is 0 Å². The van der Waals surface area contributed by atoms with Crippen molar-refractivity contribution in [2.75, 3.05) is 0 Å². The van der Waals surface area contributed by atoms with Crippen molar-refractivity contribution in [2.24, 2.45) is 11.8 Å². The van der Waals surface area contributed by atoms with Crippen molar-refractivity contribution < 1.29 is 4.79 Å². The zero-order chi connectivity index (χ0) is 13.2. The second-order valence-corrected chi connectivity index (χ2v) is 21.6. The van der Waals surface area contributed by atoms with Gasteiger partial charge in [0.25, 0.3) is 0 Å². The number of carbonyl (C=O) groups excluding carboxylic acids is 1. The Morgan fingerprint density at radius 2 is 2.06 bits per heavy atom. The first-order valence-electron chi connectivity index (χ1n) is 6.63. The van der Waals surface area contributed by atoms with Crippen LogP contribution in [0.15, 0.2) is 21.3 Å². The van der Waals surface area contributed by atoms with Gasteiger partial charge in [0.05, 0.1) is 0 Å². The molecule has 96 valence electrons. The monoisotopic (exact) mass is 342 g/mol. The van der Waals surface area contributed by atoms with Crippen LogP contribution in [0.2, 0.25) is 14.8 Å². The normalized spacial score (nSPS) is 22.3. The van der Waals surface area contributed by atoms with Crippen LogP contribution >= 0.6 is 0 Å². The molecule has 1 aliphatic carbocycles. The van der Waals surface area contributed by atoms with Crippen molar-refractivity contribution in [3.63, 3.8) is 0 Å². The summed E-state index contributed by atoms with van der Waals surface area (Å²) in [6.07, 6.45) is 6.10. The number of allylic oxidation sites excluding steroid dienone is 4. The van der Waals surface area contributed by atoms with Crippen molar-refractivity contribution >= 4 is 24.2 Å². The van der Waals surface area contributed by atoms with Crippen LogP contribution in [0, 0.1) is 11.8 Å². The maximum atomic E-state index is 11.5. The summed E-state index contributed by atoms with van der Waals surface area (Å²) in [4.78, 5) is 18.9. The molecule has 0 spiro atoms. The number of ketones is 1. The van der Waals surface area contributed by atoms with E-state index >= 15 is 0 Å². The summed E-state index contributed by atoms with van der Waals surface area (Å²) in [5, 5.41) is 0. The summed E-state index contributed by atoms with van der Waals surface area (Å²) in [7, 11) is 0. The molecule has 0 aromatic carbocycles. The van der Waals surface area contributed by atoms with Gasteiger partial charge in [-0.15, -0.1) is 0 Å². The molecule has 0 amide bonds. The predicted molar refractivity (Wildman–Crippen MR) is 77.8 cm³/mol. The van der Waals surface area contributed by atoms with Gasteiger partial charge in [0.2, 0.25) is 0 Å². The molecule has 1 aliphatic rings. The number of hydrogen-bond acceptors (Lipinski definition) is 1. The Bertz CT molecular complexity index is 356. The van der Waals surface area contributed by atoms with Crippen LogP contribution < -0.4 is 0 Å². The second-order valence-electron chi connectivity index (χ2n) is 6.54. The number of carbonyl (C=O) groups is 1. The standard InChI is InChI=1S/C12H17O.3CH3.Sn/c1-4-5-6-10-7-11(13)8-12(10)9(2)3;;;;/h5,8-10H,6-7H2,1-3H3;3*1H3;. The molecule has 2 heteroatoms. The molecule has 1 nitrogen and oxygen atoms in total. The summed E-state index contributed by atoms with van der Waals surface area (Å²) < 4.78 is 1.63. The third-order valence-electron chi connectivity index (χ3n) is 3.80. The molecule has 1 unspecified atom stereocenters. The van der Waals surface area contributed by atoms with E-state index in [1.807, 2.05) is 6.08 Å². The summed E-state index contributed by atoms with van der Waals surface area (Å²) >= 11 is -1.85. The first-order valence-corrected chi connectivity index (χ1v) is 16.6. The molecule has 0 bridgehead atoms. The zero-order valence-electron chi connectivity index (χ0n) is 12.1. The third-order valence-corrected chi connectivity index (χ3v) is 11.1. The molecular formula is C15H26OSn. The number of hydrogen-bond donors (Lipinski definition) is 0. The van der Waals surface area contributed by atoms with Crippen molar-refractivity contribution in [1.82, 2.24) is 0 Å². The van der Waals surface area contributed by atoms with Gasteiger partial charge in [-0.25, -0.2) is 0 Å². The predicted octanol–water partition coefficient (Wildman–Crippen LogP) is 4.37. The van der Waals surface area contributed by atoms with Crippen LogP contribution in [-0.2, 0) is 4.79 Å². The van der Waals surface area contributed by atoms with Gasteiger partial charge in [-0.3, -0.25) is 0 Å². The molecule has 0 saturated carbocycles. The molecule has 0 radical (unpaired) electrons. The van der Waals surface area contributed by atoms with Crippen LogP contribution in [0.1, 0.15) is 33.6 Å². The summed E-state index contributed by atoms with van der Waals surface area (Å²) in [5.74, 6) is 1.31. The van der Waals surface area contributed by atoms with Gasteiger partial charge < -0.3 is 0 Å². The Morgan fingerprint density at radius 3 is 2.53 bits per heavy atom. The quantitative estimate of drug-likeness (QED) is 0.694. The Morgan fingerprint density at radius 1 is 1.47 bits per heavy atom. The minimum absolute atomic E-state index is 0.323. The van der Waals surface area contributed by atoms with Gasteiger partial charge >= 0.3 is 111 Å². The van der Waals surface area contributed by atoms with E-state index in [-0.39, 0.29) is 0 Å². The van der Waals surface area contributed by atoms with E-state index in [0.29, 0.717) is 17.6 Å². The van der Waals surface area contributed by atoms with Gasteiger partial charge in [0.15, 0.2) is 0 Å². The molecule has 0 fully saturated rings. The van der Waals surface area contributed by atoms with E-state index in [9.17, 15) is 4.79 Å². The zero-order valence-corrected chi connectivity index (χ0v) is 15.0. The Balaban J connectivity index is 2.71. The third kappa shape index (κ3) is 4.27. The number of rotatable bonds is 4. The van der Waals surface area contributed by atoms with E-state index < -0.39 is 18.4 Å². The molecule has 0 N–H and O–H groups in total. The van der Waals surface area contributed by atoms with Crippen LogP contribution in [0.3, 0.4) is 0 Å². The topological polar surface area (TPSA) is 17.1 Å². The van der Waals surface area contributed by atoms with E-state index in [2.05, 4.69) is 41.7 Å². The maximum absolute atomic E-state index is 11.5. The van der Waals surface area contributed by atoms with Gasteiger partial charge in [-0.05, 0) is 0 Å². The molecular weight excluding hydrogens is 315 g/mol. The fourth-order valence-electron chi connectivity index (χ4n) is 2.21. The Kier molecular flexibility index (Phi) is 5.05. The van der Waals surface area contributed by atoms with Gasteiger partial charge in [-0.2, -0.15) is 0 Å².